The molecular weight excluding hydrogens is 232 g/mol. The van der Waals surface area contributed by atoms with Crippen molar-refractivity contribution in [3.05, 3.63) is 12.0 Å². The molecule has 0 radical (unpaired) electrons. The van der Waals surface area contributed by atoms with Gasteiger partial charge in [0, 0.05) is 18.3 Å². The van der Waals surface area contributed by atoms with Crippen LogP contribution in [0.25, 0.3) is 0 Å². The van der Waals surface area contributed by atoms with Gasteiger partial charge in [-0.3, -0.25) is 0 Å². The number of nitrogens with one attached hydrogen (secondary N) is 1. The van der Waals surface area contributed by atoms with E-state index in [9.17, 15) is 0 Å². The summed E-state index contributed by atoms with van der Waals surface area (Å²) in [4.78, 5) is 4.27. The van der Waals surface area contributed by atoms with Crippen molar-refractivity contribution in [1.82, 2.24) is 10.3 Å². The second kappa shape index (κ2) is 6.45. The third-order valence-electron chi connectivity index (χ3n) is 3.37. The van der Waals surface area contributed by atoms with Gasteiger partial charge in [0.2, 0.25) is 0 Å². The SMILES string of the molecule is Cc1coc(SCCNC2CCC(C)CC2)n1. The number of aromatic nitrogens is 1. The summed E-state index contributed by atoms with van der Waals surface area (Å²) in [7, 11) is 0. The van der Waals surface area contributed by atoms with Crippen molar-refractivity contribution in [2.24, 2.45) is 5.92 Å². The molecule has 0 aromatic carbocycles. The van der Waals surface area contributed by atoms with Crippen LogP contribution in [-0.4, -0.2) is 23.3 Å². The van der Waals surface area contributed by atoms with Crippen LogP contribution in [0.4, 0.5) is 0 Å². The molecule has 0 atom stereocenters. The molecule has 1 fully saturated rings. The molecule has 0 spiro atoms. The monoisotopic (exact) mass is 254 g/mol. The second-order valence-corrected chi connectivity index (χ2v) is 6.06. The van der Waals surface area contributed by atoms with Gasteiger partial charge < -0.3 is 9.73 Å². The van der Waals surface area contributed by atoms with Crippen molar-refractivity contribution in [2.75, 3.05) is 12.3 Å². The summed E-state index contributed by atoms with van der Waals surface area (Å²) in [5, 5.41) is 4.42. The van der Waals surface area contributed by atoms with Crippen molar-refractivity contribution in [3.63, 3.8) is 0 Å². The summed E-state index contributed by atoms with van der Waals surface area (Å²) in [6.07, 6.45) is 7.14. The highest BCUT2D eigenvalue weighted by molar-refractivity contribution is 7.99. The Morgan fingerprint density at radius 1 is 1.41 bits per heavy atom. The molecular formula is C13H22N2OS. The Morgan fingerprint density at radius 2 is 2.18 bits per heavy atom. The topological polar surface area (TPSA) is 38.1 Å². The first-order valence-electron chi connectivity index (χ1n) is 6.52. The molecule has 1 N–H and O–H groups in total. The lowest BCUT2D eigenvalue weighted by Gasteiger charge is -2.26. The Kier molecular flexibility index (Phi) is 4.92. The molecule has 0 amide bonds. The van der Waals surface area contributed by atoms with Crippen molar-refractivity contribution >= 4 is 11.8 Å². The lowest BCUT2D eigenvalue weighted by Crippen LogP contribution is -2.34. The maximum absolute atomic E-state index is 5.29. The third-order valence-corrected chi connectivity index (χ3v) is 4.22. The predicted molar refractivity (Wildman–Crippen MR) is 71.4 cm³/mol. The maximum atomic E-state index is 5.29. The average Bonchev–Trinajstić information content (AvgIpc) is 2.73. The van der Waals surface area contributed by atoms with Crippen LogP contribution in [0.15, 0.2) is 15.9 Å². The molecule has 1 aromatic rings. The number of aryl methyl sites for hydroxylation is 1. The van der Waals surface area contributed by atoms with Crippen LogP contribution in [0.1, 0.15) is 38.3 Å². The molecule has 1 heterocycles. The Labute approximate surface area is 108 Å². The van der Waals surface area contributed by atoms with Crippen LogP contribution < -0.4 is 5.32 Å². The van der Waals surface area contributed by atoms with Gasteiger partial charge in [-0.2, -0.15) is 0 Å². The predicted octanol–water partition coefficient (Wildman–Crippen LogP) is 3.24. The molecule has 0 bridgehead atoms. The van der Waals surface area contributed by atoms with Crippen LogP contribution >= 0.6 is 11.8 Å². The van der Waals surface area contributed by atoms with Gasteiger partial charge >= 0.3 is 0 Å². The van der Waals surface area contributed by atoms with Crippen molar-refractivity contribution in [2.45, 2.75) is 50.8 Å². The Balaban J connectivity index is 1.57. The highest BCUT2D eigenvalue weighted by Gasteiger charge is 2.17. The van der Waals surface area contributed by atoms with E-state index in [1.807, 2.05) is 6.92 Å². The van der Waals surface area contributed by atoms with Crippen LogP contribution in [0.2, 0.25) is 0 Å². The van der Waals surface area contributed by atoms with E-state index >= 15 is 0 Å². The van der Waals surface area contributed by atoms with Gasteiger partial charge in [0.25, 0.3) is 5.22 Å². The Morgan fingerprint density at radius 3 is 2.82 bits per heavy atom. The molecule has 96 valence electrons. The largest absolute Gasteiger partial charge is 0.440 e. The fourth-order valence-corrected chi connectivity index (χ4v) is 2.98. The number of thioether (sulfide) groups is 1. The lowest BCUT2D eigenvalue weighted by molar-refractivity contribution is 0.312. The van der Waals surface area contributed by atoms with E-state index in [4.69, 9.17) is 4.42 Å². The van der Waals surface area contributed by atoms with Crippen molar-refractivity contribution in [1.29, 1.82) is 0 Å². The first-order chi connectivity index (χ1) is 8.24. The van der Waals surface area contributed by atoms with Gasteiger partial charge in [0.15, 0.2) is 0 Å². The number of hydrogen-bond donors (Lipinski definition) is 1. The molecule has 0 saturated heterocycles. The molecule has 1 aliphatic rings. The van der Waals surface area contributed by atoms with Gasteiger partial charge in [-0.05, 0) is 38.5 Å². The minimum Gasteiger partial charge on any atom is -0.440 e. The second-order valence-electron chi connectivity index (χ2n) is 5.01. The smallest absolute Gasteiger partial charge is 0.255 e. The van der Waals surface area contributed by atoms with Crippen LogP contribution in [0.3, 0.4) is 0 Å². The summed E-state index contributed by atoms with van der Waals surface area (Å²) in [6, 6.07) is 0.734. The first kappa shape index (κ1) is 13.0. The summed E-state index contributed by atoms with van der Waals surface area (Å²) >= 11 is 1.69. The Hall–Kier alpha value is -0.480. The van der Waals surface area contributed by atoms with E-state index in [1.54, 1.807) is 18.0 Å². The highest BCUT2D eigenvalue weighted by Crippen LogP contribution is 2.23. The summed E-state index contributed by atoms with van der Waals surface area (Å²) < 4.78 is 5.29. The van der Waals surface area contributed by atoms with Crippen LogP contribution in [0, 0.1) is 12.8 Å². The third kappa shape index (κ3) is 4.36. The zero-order chi connectivity index (χ0) is 12.1. The molecule has 0 aliphatic heterocycles. The van der Waals surface area contributed by atoms with Crippen molar-refractivity contribution < 1.29 is 4.42 Å². The fourth-order valence-electron chi connectivity index (χ4n) is 2.26. The van der Waals surface area contributed by atoms with Gasteiger partial charge in [-0.25, -0.2) is 4.98 Å². The van der Waals surface area contributed by atoms with E-state index in [2.05, 4.69) is 17.2 Å². The van der Waals surface area contributed by atoms with E-state index in [1.165, 1.54) is 25.7 Å². The van der Waals surface area contributed by atoms with E-state index in [0.29, 0.717) is 0 Å². The number of hydrogen-bond acceptors (Lipinski definition) is 4. The molecule has 1 aromatic heterocycles. The van der Waals surface area contributed by atoms with E-state index in [-0.39, 0.29) is 0 Å². The molecule has 1 aliphatic carbocycles. The first-order valence-corrected chi connectivity index (χ1v) is 7.51. The van der Waals surface area contributed by atoms with Crippen molar-refractivity contribution in [3.8, 4) is 0 Å². The van der Waals surface area contributed by atoms with Crippen LogP contribution in [0.5, 0.6) is 0 Å². The molecule has 0 unspecified atom stereocenters. The average molecular weight is 254 g/mol. The van der Waals surface area contributed by atoms with Gasteiger partial charge in [-0.1, -0.05) is 18.7 Å². The molecule has 3 nitrogen and oxygen atoms in total. The normalized spacial score (nSPS) is 25.1. The zero-order valence-corrected chi connectivity index (χ0v) is 11.6. The number of oxazole rings is 1. The molecule has 1 saturated carbocycles. The summed E-state index contributed by atoms with van der Waals surface area (Å²) in [5.74, 6) is 1.96. The van der Waals surface area contributed by atoms with Gasteiger partial charge in [-0.15, -0.1) is 0 Å². The minimum atomic E-state index is 0.734. The quantitative estimate of drug-likeness (QED) is 0.646. The molecule has 17 heavy (non-hydrogen) atoms. The van der Waals surface area contributed by atoms with E-state index in [0.717, 1.165) is 35.2 Å². The summed E-state index contributed by atoms with van der Waals surface area (Å²) in [6.45, 7) is 5.36. The molecule has 4 heteroatoms. The zero-order valence-electron chi connectivity index (χ0n) is 10.7. The van der Waals surface area contributed by atoms with E-state index < -0.39 is 0 Å². The standard InChI is InChI=1S/C13H22N2OS/c1-10-3-5-12(6-4-10)14-7-8-17-13-15-11(2)9-16-13/h9-10,12,14H,3-8H2,1-2H3. The fraction of sp³-hybridized carbons (Fsp3) is 0.769. The van der Waals surface area contributed by atoms with Crippen LogP contribution in [-0.2, 0) is 0 Å². The Bertz CT molecular complexity index is 332. The van der Waals surface area contributed by atoms with Gasteiger partial charge in [0.05, 0.1) is 5.69 Å². The maximum Gasteiger partial charge on any atom is 0.255 e. The lowest BCUT2D eigenvalue weighted by atomic mass is 9.87. The van der Waals surface area contributed by atoms with Gasteiger partial charge in [0.1, 0.15) is 6.26 Å². The minimum absolute atomic E-state index is 0.734. The number of nitrogens with zero attached hydrogens (tertiary/aromatic N) is 1. The molecule has 2 rings (SSSR count). The number of rotatable bonds is 5. The highest BCUT2D eigenvalue weighted by atomic mass is 32.2. The summed E-state index contributed by atoms with van der Waals surface area (Å²) in [5.41, 5.74) is 0.960.